The van der Waals surface area contributed by atoms with Crippen LogP contribution >= 0.6 is 0 Å². The van der Waals surface area contributed by atoms with Gasteiger partial charge in [0.25, 0.3) is 0 Å². The van der Waals surface area contributed by atoms with E-state index in [0.29, 0.717) is 13.0 Å². The van der Waals surface area contributed by atoms with Crippen molar-refractivity contribution in [2.75, 3.05) is 7.05 Å². The van der Waals surface area contributed by atoms with Gasteiger partial charge in [-0.25, -0.2) is 4.39 Å². The molecule has 0 aliphatic heterocycles. The summed E-state index contributed by atoms with van der Waals surface area (Å²) < 4.78 is 13.0. The van der Waals surface area contributed by atoms with Gasteiger partial charge in [-0.3, -0.25) is 10.3 Å². The zero-order valence-corrected chi connectivity index (χ0v) is 10.4. The van der Waals surface area contributed by atoms with Gasteiger partial charge < -0.3 is 5.73 Å². The van der Waals surface area contributed by atoms with Crippen molar-refractivity contribution in [3.8, 4) is 0 Å². The number of amidine groups is 1. The number of benzene rings is 1. The molecule has 3 N–H and O–H groups in total. The molecule has 1 aromatic rings. The van der Waals surface area contributed by atoms with Crippen molar-refractivity contribution in [3.05, 3.63) is 35.6 Å². The highest BCUT2D eigenvalue weighted by molar-refractivity contribution is 5.77. The summed E-state index contributed by atoms with van der Waals surface area (Å²) in [6, 6.07) is 6.83. The van der Waals surface area contributed by atoms with Crippen molar-refractivity contribution < 1.29 is 4.39 Å². The van der Waals surface area contributed by atoms with E-state index in [0.717, 1.165) is 12.0 Å². The summed E-state index contributed by atoms with van der Waals surface area (Å²) >= 11 is 0. The predicted molar refractivity (Wildman–Crippen MR) is 68.5 cm³/mol. The minimum absolute atomic E-state index is 0.197. The topological polar surface area (TPSA) is 53.1 Å². The summed E-state index contributed by atoms with van der Waals surface area (Å²) in [5.74, 6) is -0.0153. The Morgan fingerprint density at radius 3 is 2.76 bits per heavy atom. The van der Waals surface area contributed by atoms with Gasteiger partial charge in [-0.1, -0.05) is 19.1 Å². The predicted octanol–water partition coefficient (Wildman–Crippen LogP) is 2.36. The second-order valence-electron chi connectivity index (χ2n) is 4.34. The molecule has 3 nitrogen and oxygen atoms in total. The van der Waals surface area contributed by atoms with E-state index in [1.54, 1.807) is 6.07 Å². The van der Waals surface area contributed by atoms with E-state index in [1.807, 2.05) is 13.1 Å². The van der Waals surface area contributed by atoms with Gasteiger partial charge in [0.2, 0.25) is 0 Å². The number of rotatable bonds is 6. The van der Waals surface area contributed by atoms with Crippen LogP contribution in [0.25, 0.3) is 0 Å². The molecule has 0 aromatic heterocycles. The number of hydrogen-bond acceptors (Lipinski definition) is 2. The summed E-state index contributed by atoms with van der Waals surface area (Å²) in [5, 5.41) is 7.33. The normalized spacial score (nSPS) is 12.7. The third-order valence-electron chi connectivity index (χ3n) is 2.87. The molecule has 0 aliphatic carbocycles. The molecule has 0 aliphatic rings. The fourth-order valence-electron chi connectivity index (χ4n) is 1.92. The van der Waals surface area contributed by atoms with Crippen LogP contribution < -0.4 is 5.73 Å². The maximum atomic E-state index is 13.0. The SMILES string of the molecule is CCC(CC(=N)N)N(C)Cc1cccc(F)c1. The smallest absolute Gasteiger partial charge is 0.123 e. The molecule has 1 rings (SSSR count). The molecule has 94 valence electrons. The first kappa shape index (κ1) is 13.6. The summed E-state index contributed by atoms with van der Waals surface area (Å²) in [5.41, 5.74) is 6.36. The standard InChI is InChI=1S/C13H20FN3/c1-3-12(8-13(15)16)17(2)9-10-5-4-6-11(14)7-10/h4-7,12H,3,8-9H2,1-2H3,(H3,15,16). The van der Waals surface area contributed by atoms with Gasteiger partial charge in [-0.2, -0.15) is 0 Å². The molecule has 0 fully saturated rings. The largest absolute Gasteiger partial charge is 0.388 e. The minimum atomic E-state index is -0.212. The number of nitrogens with zero attached hydrogens (tertiary/aromatic N) is 1. The van der Waals surface area contributed by atoms with Crippen LogP contribution in [0.5, 0.6) is 0 Å². The lowest BCUT2D eigenvalue weighted by Crippen LogP contribution is -2.34. The Kier molecular flexibility index (Phi) is 5.10. The van der Waals surface area contributed by atoms with E-state index in [9.17, 15) is 4.39 Å². The third kappa shape index (κ3) is 4.53. The quantitative estimate of drug-likeness (QED) is 0.589. The molecule has 4 heteroatoms. The first-order valence-electron chi connectivity index (χ1n) is 5.80. The van der Waals surface area contributed by atoms with Crippen molar-refractivity contribution in [2.45, 2.75) is 32.4 Å². The van der Waals surface area contributed by atoms with Gasteiger partial charge in [0.15, 0.2) is 0 Å². The van der Waals surface area contributed by atoms with Gasteiger partial charge >= 0.3 is 0 Å². The number of nitrogens with two attached hydrogens (primary N) is 1. The van der Waals surface area contributed by atoms with Gasteiger partial charge in [-0.15, -0.1) is 0 Å². The Bertz CT molecular complexity index is 379. The van der Waals surface area contributed by atoms with Crippen molar-refractivity contribution in [1.82, 2.24) is 4.90 Å². The first-order valence-corrected chi connectivity index (χ1v) is 5.80. The van der Waals surface area contributed by atoms with Gasteiger partial charge in [0, 0.05) is 19.0 Å². The van der Waals surface area contributed by atoms with E-state index in [4.69, 9.17) is 11.1 Å². The lowest BCUT2D eigenvalue weighted by molar-refractivity contribution is 0.232. The highest BCUT2D eigenvalue weighted by Crippen LogP contribution is 2.12. The highest BCUT2D eigenvalue weighted by atomic mass is 19.1. The molecule has 0 amide bonds. The Morgan fingerprint density at radius 1 is 1.53 bits per heavy atom. The molecule has 0 bridgehead atoms. The van der Waals surface area contributed by atoms with Crippen molar-refractivity contribution >= 4 is 5.84 Å². The molecule has 0 radical (unpaired) electrons. The van der Waals surface area contributed by atoms with Crippen LogP contribution in [0.3, 0.4) is 0 Å². The van der Waals surface area contributed by atoms with E-state index >= 15 is 0 Å². The van der Waals surface area contributed by atoms with Gasteiger partial charge in [0.1, 0.15) is 5.82 Å². The summed E-state index contributed by atoms with van der Waals surface area (Å²) in [4.78, 5) is 2.11. The van der Waals surface area contributed by atoms with Crippen LogP contribution in [0.4, 0.5) is 4.39 Å². The van der Waals surface area contributed by atoms with Gasteiger partial charge in [-0.05, 0) is 31.2 Å². The average Bonchev–Trinajstić information content (AvgIpc) is 2.25. The van der Waals surface area contributed by atoms with Crippen LogP contribution in [-0.2, 0) is 6.54 Å². The Hall–Kier alpha value is -1.42. The Morgan fingerprint density at radius 2 is 2.24 bits per heavy atom. The van der Waals surface area contributed by atoms with Crippen molar-refractivity contribution in [1.29, 1.82) is 5.41 Å². The number of halogens is 1. The number of hydrogen-bond donors (Lipinski definition) is 2. The molecule has 1 unspecified atom stereocenters. The van der Waals surface area contributed by atoms with Crippen LogP contribution in [0.2, 0.25) is 0 Å². The molecule has 17 heavy (non-hydrogen) atoms. The summed E-state index contributed by atoms with van der Waals surface area (Å²) in [6.45, 7) is 2.74. The molecular weight excluding hydrogens is 217 g/mol. The third-order valence-corrected chi connectivity index (χ3v) is 2.87. The lowest BCUT2D eigenvalue weighted by atomic mass is 10.1. The van der Waals surface area contributed by atoms with E-state index in [-0.39, 0.29) is 17.7 Å². The minimum Gasteiger partial charge on any atom is -0.388 e. The molecule has 0 saturated heterocycles. The second-order valence-corrected chi connectivity index (χ2v) is 4.34. The Labute approximate surface area is 102 Å². The van der Waals surface area contributed by atoms with Crippen molar-refractivity contribution in [2.24, 2.45) is 5.73 Å². The maximum Gasteiger partial charge on any atom is 0.123 e. The average molecular weight is 237 g/mol. The van der Waals surface area contributed by atoms with Crippen molar-refractivity contribution in [3.63, 3.8) is 0 Å². The Balaban J connectivity index is 2.63. The fourth-order valence-corrected chi connectivity index (χ4v) is 1.92. The highest BCUT2D eigenvalue weighted by Gasteiger charge is 2.14. The summed E-state index contributed by atoms with van der Waals surface area (Å²) in [6.07, 6.45) is 1.48. The van der Waals surface area contributed by atoms with Crippen LogP contribution in [0.1, 0.15) is 25.3 Å². The maximum absolute atomic E-state index is 13.0. The van der Waals surface area contributed by atoms with Crippen LogP contribution in [0, 0.1) is 11.2 Å². The zero-order chi connectivity index (χ0) is 12.8. The fraction of sp³-hybridized carbons (Fsp3) is 0.462. The molecule has 0 spiro atoms. The number of nitrogens with one attached hydrogen (secondary N) is 1. The van der Waals surface area contributed by atoms with Gasteiger partial charge in [0.05, 0.1) is 5.84 Å². The lowest BCUT2D eigenvalue weighted by Gasteiger charge is -2.26. The second kappa shape index (κ2) is 6.35. The molecule has 1 atom stereocenters. The van der Waals surface area contributed by atoms with Crippen LogP contribution in [0.15, 0.2) is 24.3 Å². The molecular formula is C13H20FN3. The van der Waals surface area contributed by atoms with E-state index in [2.05, 4.69) is 11.8 Å². The zero-order valence-electron chi connectivity index (χ0n) is 10.4. The molecule has 0 saturated carbocycles. The first-order chi connectivity index (χ1) is 8.02. The summed E-state index contributed by atoms with van der Waals surface area (Å²) in [7, 11) is 1.97. The van der Waals surface area contributed by atoms with E-state index in [1.165, 1.54) is 12.1 Å². The molecule has 1 aromatic carbocycles. The molecule has 0 heterocycles. The van der Waals surface area contributed by atoms with E-state index < -0.39 is 0 Å². The monoisotopic (exact) mass is 237 g/mol. The van der Waals surface area contributed by atoms with Crippen LogP contribution in [-0.4, -0.2) is 23.8 Å².